The van der Waals surface area contributed by atoms with Crippen molar-refractivity contribution in [1.29, 1.82) is 0 Å². The summed E-state index contributed by atoms with van der Waals surface area (Å²) in [6.45, 7) is 9.25. The maximum Gasteiger partial charge on any atom is 0.341 e. The van der Waals surface area contributed by atoms with Crippen LogP contribution in [0.25, 0.3) is 11.0 Å². The zero-order chi connectivity index (χ0) is 22.0. The van der Waals surface area contributed by atoms with Gasteiger partial charge in [0.1, 0.15) is 10.6 Å². The molecule has 0 atom stereocenters. The van der Waals surface area contributed by atoms with Crippen molar-refractivity contribution >= 4 is 45.0 Å². The number of Topliss-reactive ketones (excluding diaryl/α,β-unsaturated/α-hetero) is 1. The fourth-order valence-corrected chi connectivity index (χ4v) is 4.43. The zero-order valence-electron chi connectivity index (χ0n) is 17.8. The molecule has 1 amide bonds. The molecule has 158 valence electrons. The number of carbonyl (C=O) groups excluding carboxylic acids is 3. The first-order chi connectivity index (χ1) is 14.2. The van der Waals surface area contributed by atoms with E-state index in [0.717, 1.165) is 33.4 Å². The van der Waals surface area contributed by atoms with Gasteiger partial charge in [0.2, 0.25) is 5.91 Å². The van der Waals surface area contributed by atoms with E-state index in [1.54, 1.807) is 20.1 Å². The third-order valence-corrected chi connectivity index (χ3v) is 6.20. The Morgan fingerprint density at radius 1 is 1.23 bits per heavy atom. The second-order valence-corrected chi connectivity index (χ2v) is 8.45. The fourth-order valence-electron chi connectivity index (χ4n) is 3.33. The number of benzene rings is 1. The summed E-state index contributed by atoms with van der Waals surface area (Å²) < 4.78 is 10.7. The van der Waals surface area contributed by atoms with Crippen LogP contribution in [-0.4, -0.2) is 24.3 Å². The van der Waals surface area contributed by atoms with E-state index in [1.807, 2.05) is 18.2 Å². The highest BCUT2D eigenvalue weighted by molar-refractivity contribution is 7.18. The standard InChI is InChI=1S/C23H25NO5S/c1-6-28-23(27)20-13(4)21(14(5)25)30-22(20)24-19(26)10-16-11-29-18-8-7-15(12(2)3)9-17(16)18/h7-9,11-12H,6,10H2,1-5H3,(H,24,26). The number of ether oxygens (including phenoxy) is 1. The monoisotopic (exact) mass is 427 g/mol. The Morgan fingerprint density at radius 3 is 2.60 bits per heavy atom. The summed E-state index contributed by atoms with van der Waals surface area (Å²) in [4.78, 5) is 37.5. The molecule has 0 unspecified atom stereocenters. The molecule has 0 fully saturated rings. The molecule has 6 nitrogen and oxygen atoms in total. The summed E-state index contributed by atoms with van der Waals surface area (Å²) in [6.07, 6.45) is 1.67. The number of anilines is 1. The van der Waals surface area contributed by atoms with E-state index in [1.165, 1.54) is 6.92 Å². The molecule has 3 aromatic rings. The number of furan rings is 1. The lowest BCUT2D eigenvalue weighted by Gasteiger charge is -2.07. The van der Waals surface area contributed by atoms with Crippen LogP contribution in [0.15, 0.2) is 28.9 Å². The topological polar surface area (TPSA) is 85.6 Å². The molecule has 0 spiro atoms. The number of ketones is 1. The Labute approximate surface area is 179 Å². The summed E-state index contributed by atoms with van der Waals surface area (Å²) in [5.41, 5.74) is 3.41. The van der Waals surface area contributed by atoms with Gasteiger partial charge in [-0.3, -0.25) is 9.59 Å². The zero-order valence-corrected chi connectivity index (χ0v) is 18.6. The summed E-state index contributed by atoms with van der Waals surface area (Å²) in [6, 6.07) is 5.97. The number of amides is 1. The van der Waals surface area contributed by atoms with Crippen LogP contribution in [0.3, 0.4) is 0 Å². The lowest BCUT2D eigenvalue weighted by Crippen LogP contribution is -2.16. The van der Waals surface area contributed by atoms with Crippen LogP contribution in [0.1, 0.15) is 70.3 Å². The van der Waals surface area contributed by atoms with Crippen molar-refractivity contribution in [3.8, 4) is 0 Å². The molecule has 0 radical (unpaired) electrons. The van der Waals surface area contributed by atoms with Gasteiger partial charge in [0.05, 0.1) is 29.7 Å². The summed E-state index contributed by atoms with van der Waals surface area (Å²) in [5, 5.41) is 4.02. The molecule has 2 aromatic heterocycles. The molecule has 2 heterocycles. The maximum absolute atomic E-state index is 12.8. The number of thiophene rings is 1. The second-order valence-electron chi connectivity index (χ2n) is 7.43. The molecule has 30 heavy (non-hydrogen) atoms. The van der Waals surface area contributed by atoms with E-state index in [2.05, 4.69) is 19.2 Å². The van der Waals surface area contributed by atoms with Crippen molar-refractivity contribution in [3.63, 3.8) is 0 Å². The first-order valence-corrected chi connectivity index (χ1v) is 10.7. The highest BCUT2D eigenvalue weighted by Crippen LogP contribution is 2.34. The first kappa shape index (κ1) is 21.8. The van der Waals surface area contributed by atoms with Gasteiger partial charge in [-0.2, -0.15) is 0 Å². The van der Waals surface area contributed by atoms with Gasteiger partial charge in [-0.05, 0) is 49.9 Å². The summed E-state index contributed by atoms with van der Waals surface area (Å²) in [7, 11) is 0. The van der Waals surface area contributed by atoms with Crippen molar-refractivity contribution in [2.45, 2.75) is 47.0 Å². The average Bonchev–Trinajstić information content (AvgIpc) is 3.22. The lowest BCUT2D eigenvalue weighted by atomic mass is 10.00. The predicted molar refractivity (Wildman–Crippen MR) is 118 cm³/mol. The molecule has 0 aliphatic carbocycles. The lowest BCUT2D eigenvalue weighted by molar-refractivity contribution is -0.115. The highest BCUT2D eigenvalue weighted by Gasteiger charge is 2.25. The number of esters is 1. The van der Waals surface area contributed by atoms with E-state index in [4.69, 9.17) is 9.15 Å². The van der Waals surface area contributed by atoms with E-state index < -0.39 is 5.97 Å². The third-order valence-electron chi connectivity index (χ3n) is 4.89. The van der Waals surface area contributed by atoms with Gasteiger partial charge in [0.15, 0.2) is 5.78 Å². The van der Waals surface area contributed by atoms with Crippen LogP contribution in [-0.2, 0) is 16.0 Å². The Kier molecular flexibility index (Phi) is 6.41. The molecular weight excluding hydrogens is 402 g/mol. The Bertz CT molecular complexity index is 1120. The Morgan fingerprint density at radius 2 is 1.97 bits per heavy atom. The van der Waals surface area contributed by atoms with E-state index in [0.29, 0.717) is 21.4 Å². The number of fused-ring (bicyclic) bond motifs is 1. The number of hydrogen-bond donors (Lipinski definition) is 1. The van der Waals surface area contributed by atoms with E-state index in [-0.39, 0.29) is 30.3 Å². The summed E-state index contributed by atoms with van der Waals surface area (Å²) >= 11 is 1.09. The number of rotatable bonds is 7. The van der Waals surface area contributed by atoms with Crippen LogP contribution in [0.2, 0.25) is 0 Å². The van der Waals surface area contributed by atoms with E-state index in [9.17, 15) is 14.4 Å². The SMILES string of the molecule is CCOC(=O)c1c(NC(=O)Cc2coc3ccc(C(C)C)cc23)sc(C(C)=O)c1C. The number of nitrogens with one attached hydrogen (secondary N) is 1. The van der Waals surface area contributed by atoms with Gasteiger partial charge in [0.25, 0.3) is 0 Å². The van der Waals surface area contributed by atoms with Crippen LogP contribution in [0.5, 0.6) is 0 Å². The van der Waals surface area contributed by atoms with Crippen molar-refractivity contribution in [2.75, 3.05) is 11.9 Å². The van der Waals surface area contributed by atoms with Crippen molar-refractivity contribution in [1.82, 2.24) is 0 Å². The summed E-state index contributed by atoms with van der Waals surface area (Å²) in [5.74, 6) is -0.651. The normalized spacial score (nSPS) is 11.1. The van der Waals surface area contributed by atoms with Crippen LogP contribution >= 0.6 is 11.3 Å². The van der Waals surface area contributed by atoms with Crippen molar-refractivity contribution in [2.24, 2.45) is 0 Å². The molecule has 0 saturated carbocycles. The molecular formula is C23H25NO5S. The Balaban J connectivity index is 1.89. The maximum atomic E-state index is 12.8. The molecule has 3 rings (SSSR count). The predicted octanol–water partition coefficient (Wildman–Crippen LogP) is 5.49. The third kappa shape index (κ3) is 4.31. The van der Waals surface area contributed by atoms with Gasteiger partial charge in [-0.25, -0.2) is 4.79 Å². The van der Waals surface area contributed by atoms with Crippen LogP contribution in [0, 0.1) is 6.92 Å². The fraction of sp³-hybridized carbons (Fsp3) is 0.348. The highest BCUT2D eigenvalue weighted by atomic mass is 32.1. The minimum Gasteiger partial charge on any atom is -0.464 e. The smallest absolute Gasteiger partial charge is 0.341 e. The quantitative estimate of drug-likeness (QED) is 0.398. The molecule has 0 saturated heterocycles. The number of hydrogen-bond acceptors (Lipinski definition) is 6. The van der Waals surface area contributed by atoms with Crippen molar-refractivity contribution < 1.29 is 23.5 Å². The van der Waals surface area contributed by atoms with Gasteiger partial charge >= 0.3 is 5.97 Å². The molecule has 1 N–H and O–H groups in total. The van der Waals surface area contributed by atoms with Gasteiger partial charge in [0, 0.05) is 10.9 Å². The Hall–Kier alpha value is -2.93. The first-order valence-electron chi connectivity index (χ1n) is 9.84. The van der Waals surface area contributed by atoms with Crippen molar-refractivity contribution in [3.05, 3.63) is 51.6 Å². The van der Waals surface area contributed by atoms with Gasteiger partial charge in [-0.1, -0.05) is 19.9 Å². The van der Waals surface area contributed by atoms with Gasteiger partial charge < -0.3 is 14.5 Å². The van der Waals surface area contributed by atoms with Crippen LogP contribution < -0.4 is 5.32 Å². The minimum absolute atomic E-state index is 0.0865. The van der Waals surface area contributed by atoms with Crippen LogP contribution in [0.4, 0.5) is 5.00 Å². The average molecular weight is 428 g/mol. The minimum atomic E-state index is -0.551. The molecule has 0 aliphatic rings. The molecule has 0 bridgehead atoms. The molecule has 7 heteroatoms. The number of carbonyl (C=O) groups is 3. The van der Waals surface area contributed by atoms with E-state index >= 15 is 0 Å². The molecule has 0 aliphatic heterocycles. The second kappa shape index (κ2) is 8.83. The van der Waals surface area contributed by atoms with Gasteiger partial charge in [-0.15, -0.1) is 11.3 Å². The molecule has 1 aromatic carbocycles. The largest absolute Gasteiger partial charge is 0.464 e.